The lowest BCUT2D eigenvalue weighted by Gasteiger charge is -2.38. The molecule has 2 aromatic carbocycles. The Morgan fingerprint density at radius 2 is 1.94 bits per heavy atom. The van der Waals surface area contributed by atoms with Crippen molar-refractivity contribution in [3.8, 4) is 17.2 Å². The van der Waals surface area contributed by atoms with Gasteiger partial charge < -0.3 is 20.1 Å². The van der Waals surface area contributed by atoms with Crippen molar-refractivity contribution in [2.45, 2.75) is 26.7 Å². The molecule has 160 valence electrons. The lowest BCUT2D eigenvalue weighted by atomic mass is 9.69. The summed E-state index contributed by atoms with van der Waals surface area (Å²) in [5, 5.41) is 13.6. The van der Waals surface area contributed by atoms with E-state index in [0.29, 0.717) is 28.9 Å². The van der Waals surface area contributed by atoms with Crippen LogP contribution >= 0.6 is 11.3 Å². The molecule has 3 aromatic rings. The minimum Gasteiger partial charge on any atom is -0.457 e. The minimum absolute atomic E-state index is 0.181. The largest absolute Gasteiger partial charge is 0.457 e. The van der Waals surface area contributed by atoms with Crippen LogP contribution in [0, 0.1) is 5.41 Å². The Morgan fingerprint density at radius 1 is 1.16 bits per heavy atom. The van der Waals surface area contributed by atoms with Crippen molar-refractivity contribution < 1.29 is 19.1 Å². The number of hydrogen-bond acceptors (Lipinski definition) is 7. The molecule has 0 bridgehead atoms. The van der Waals surface area contributed by atoms with Crippen molar-refractivity contribution >= 4 is 28.5 Å². The van der Waals surface area contributed by atoms with E-state index in [1.165, 1.54) is 11.3 Å². The van der Waals surface area contributed by atoms with Crippen LogP contribution in [0.4, 0.5) is 9.93 Å². The summed E-state index contributed by atoms with van der Waals surface area (Å²) in [5.74, 6) is 1.09. The summed E-state index contributed by atoms with van der Waals surface area (Å²) in [5.41, 5.74) is 2.46. The number of nitrogens with zero attached hydrogens (tertiary/aromatic N) is 2. The highest BCUT2D eigenvalue weighted by atomic mass is 32.1. The standard InChI is InChI=1S/C22H22N4O4S/c1-4-23-21(28)29-13-9-10-15-17(11-13)30-16-8-6-5-7-14(16)18(15)22(2,3)19(27)25-20-26-24-12-31-20/h5-12,18H,4H2,1-3H3,(H,23,28)(H,25,26,27)/t18-/m0/s1. The zero-order valence-electron chi connectivity index (χ0n) is 17.3. The van der Waals surface area contributed by atoms with Crippen molar-refractivity contribution in [3.63, 3.8) is 0 Å². The average molecular weight is 439 g/mol. The van der Waals surface area contributed by atoms with Gasteiger partial charge in [0.05, 0.1) is 5.41 Å². The Kier molecular flexibility index (Phi) is 5.60. The van der Waals surface area contributed by atoms with Crippen LogP contribution in [0.25, 0.3) is 0 Å². The maximum Gasteiger partial charge on any atom is 0.412 e. The van der Waals surface area contributed by atoms with E-state index in [0.717, 1.165) is 11.1 Å². The molecule has 0 fully saturated rings. The summed E-state index contributed by atoms with van der Waals surface area (Å²) < 4.78 is 11.4. The zero-order valence-corrected chi connectivity index (χ0v) is 18.2. The second-order valence-electron chi connectivity index (χ2n) is 7.61. The van der Waals surface area contributed by atoms with Gasteiger partial charge in [-0.1, -0.05) is 49.4 Å². The van der Waals surface area contributed by atoms with Gasteiger partial charge in [-0.25, -0.2) is 4.79 Å². The maximum absolute atomic E-state index is 13.2. The summed E-state index contributed by atoms with van der Waals surface area (Å²) in [6.45, 7) is 6.05. The molecular weight excluding hydrogens is 416 g/mol. The van der Waals surface area contributed by atoms with Crippen molar-refractivity contribution in [1.82, 2.24) is 15.5 Å². The van der Waals surface area contributed by atoms with Crippen LogP contribution in [0.3, 0.4) is 0 Å². The first-order valence-corrected chi connectivity index (χ1v) is 10.7. The highest BCUT2D eigenvalue weighted by Crippen LogP contribution is 2.52. The minimum atomic E-state index is -0.845. The molecule has 2 heterocycles. The van der Waals surface area contributed by atoms with Gasteiger partial charge in [-0.05, 0) is 19.1 Å². The van der Waals surface area contributed by atoms with Gasteiger partial charge in [0.25, 0.3) is 0 Å². The second-order valence-corrected chi connectivity index (χ2v) is 8.45. The predicted molar refractivity (Wildman–Crippen MR) is 117 cm³/mol. The van der Waals surface area contributed by atoms with Gasteiger partial charge in [-0.2, -0.15) is 0 Å². The first-order valence-electron chi connectivity index (χ1n) is 9.84. The van der Waals surface area contributed by atoms with Crippen molar-refractivity contribution in [2.24, 2.45) is 5.41 Å². The van der Waals surface area contributed by atoms with Gasteiger partial charge >= 0.3 is 6.09 Å². The molecular formula is C22H22N4O4S. The quantitative estimate of drug-likeness (QED) is 0.606. The van der Waals surface area contributed by atoms with Gasteiger partial charge in [0, 0.05) is 29.7 Å². The average Bonchev–Trinajstić information content (AvgIpc) is 3.25. The number of carbonyl (C=O) groups is 2. The lowest BCUT2D eigenvalue weighted by molar-refractivity contribution is -0.124. The van der Waals surface area contributed by atoms with E-state index in [1.807, 2.05) is 51.1 Å². The number of ether oxygens (including phenoxy) is 2. The third-order valence-electron chi connectivity index (χ3n) is 5.17. The van der Waals surface area contributed by atoms with E-state index in [2.05, 4.69) is 20.8 Å². The Hall–Kier alpha value is -3.46. The number of aromatic nitrogens is 2. The Labute approximate surface area is 183 Å². The molecule has 2 N–H and O–H groups in total. The van der Waals surface area contributed by atoms with Crippen LogP contribution in [-0.2, 0) is 4.79 Å². The fourth-order valence-electron chi connectivity index (χ4n) is 3.68. The summed E-state index contributed by atoms with van der Waals surface area (Å²) in [7, 11) is 0. The number of amides is 2. The number of hydrogen-bond donors (Lipinski definition) is 2. The van der Waals surface area contributed by atoms with Crippen molar-refractivity contribution in [1.29, 1.82) is 0 Å². The van der Waals surface area contributed by atoms with E-state index >= 15 is 0 Å². The van der Waals surface area contributed by atoms with Gasteiger partial charge in [0.2, 0.25) is 11.0 Å². The summed E-state index contributed by atoms with van der Waals surface area (Å²) in [4.78, 5) is 25.1. The first kappa shape index (κ1) is 20.8. The molecule has 1 atom stereocenters. The van der Waals surface area contributed by atoms with E-state index in [-0.39, 0.29) is 11.8 Å². The number of nitrogens with one attached hydrogen (secondary N) is 2. The van der Waals surface area contributed by atoms with Crippen LogP contribution in [-0.4, -0.2) is 28.7 Å². The van der Waals surface area contributed by atoms with E-state index in [1.54, 1.807) is 17.6 Å². The molecule has 0 spiro atoms. The number of rotatable bonds is 5. The van der Waals surface area contributed by atoms with Gasteiger partial charge in [0.15, 0.2) is 0 Å². The van der Waals surface area contributed by atoms with E-state index in [9.17, 15) is 9.59 Å². The SMILES string of the molecule is CCNC(=O)Oc1ccc2c(c1)Oc1ccccc1[C@@H]2C(C)(C)C(=O)Nc1nncs1. The van der Waals surface area contributed by atoms with Crippen LogP contribution in [0.5, 0.6) is 17.2 Å². The van der Waals surface area contributed by atoms with Crippen molar-refractivity contribution in [2.75, 3.05) is 11.9 Å². The molecule has 0 unspecified atom stereocenters. The predicted octanol–water partition coefficient (Wildman–Crippen LogP) is 4.55. The molecule has 0 saturated heterocycles. The summed E-state index contributed by atoms with van der Waals surface area (Å²) in [6.07, 6.45) is -0.535. The topological polar surface area (TPSA) is 102 Å². The fourth-order valence-corrected chi connectivity index (χ4v) is 4.12. The van der Waals surface area contributed by atoms with Crippen LogP contribution in [0.1, 0.15) is 37.8 Å². The number of anilines is 1. The Morgan fingerprint density at radius 3 is 2.68 bits per heavy atom. The number of para-hydroxylation sites is 1. The molecule has 9 heteroatoms. The van der Waals surface area contributed by atoms with Gasteiger partial charge in [-0.3, -0.25) is 4.79 Å². The zero-order chi connectivity index (χ0) is 22.0. The first-order chi connectivity index (χ1) is 14.9. The Balaban J connectivity index is 1.72. The van der Waals surface area contributed by atoms with Crippen molar-refractivity contribution in [3.05, 3.63) is 59.1 Å². The molecule has 1 aliphatic heterocycles. The van der Waals surface area contributed by atoms with Crippen LogP contribution in [0.15, 0.2) is 48.0 Å². The van der Waals surface area contributed by atoms with Crippen LogP contribution in [0.2, 0.25) is 0 Å². The lowest BCUT2D eigenvalue weighted by Crippen LogP contribution is -2.38. The van der Waals surface area contributed by atoms with Crippen LogP contribution < -0.4 is 20.1 Å². The van der Waals surface area contributed by atoms with E-state index in [4.69, 9.17) is 9.47 Å². The second kappa shape index (κ2) is 8.35. The number of fused-ring (bicyclic) bond motifs is 2. The smallest absolute Gasteiger partial charge is 0.412 e. The normalized spacial score (nSPS) is 14.6. The third kappa shape index (κ3) is 4.09. The molecule has 1 aliphatic rings. The molecule has 8 nitrogen and oxygen atoms in total. The number of carbonyl (C=O) groups excluding carboxylic acids is 2. The monoisotopic (exact) mass is 438 g/mol. The molecule has 1 aromatic heterocycles. The van der Waals surface area contributed by atoms with E-state index < -0.39 is 11.5 Å². The summed E-state index contributed by atoms with van der Waals surface area (Å²) >= 11 is 1.26. The highest BCUT2D eigenvalue weighted by Gasteiger charge is 2.43. The third-order valence-corrected chi connectivity index (χ3v) is 5.77. The Bertz CT molecular complexity index is 1110. The maximum atomic E-state index is 13.2. The number of benzene rings is 2. The summed E-state index contributed by atoms with van der Waals surface area (Å²) in [6, 6.07) is 12.8. The highest BCUT2D eigenvalue weighted by molar-refractivity contribution is 7.13. The van der Waals surface area contributed by atoms with Gasteiger partial charge in [0.1, 0.15) is 22.8 Å². The molecule has 2 amide bonds. The fraction of sp³-hybridized carbons (Fsp3) is 0.273. The molecule has 0 saturated carbocycles. The molecule has 0 aliphatic carbocycles. The molecule has 0 radical (unpaired) electrons. The molecule has 31 heavy (non-hydrogen) atoms. The van der Waals surface area contributed by atoms with Gasteiger partial charge in [-0.15, -0.1) is 10.2 Å². The molecule has 4 rings (SSSR count).